The molecule has 4 heterocycles. The molecule has 3 aliphatic heterocycles. The van der Waals surface area contributed by atoms with Crippen LogP contribution in [-0.4, -0.2) is 76.5 Å². The average Bonchev–Trinajstić information content (AvgIpc) is 3.32. The highest BCUT2D eigenvalue weighted by atomic mass is 32.2. The summed E-state index contributed by atoms with van der Waals surface area (Å²) in [7, 11) is -3.56. The summed E-state index contributed by atoms with van der Waals surface area (Å²) >= 11 is 0. The zero-order valence-corrected chi connectivity index (χ0v) is 16.5. The summed E-state index contributed by atoms with van der Waals surface area (Å²) in [6.07, 6.45) is 4.91. The molecule has 3 fully saturated rings. The smallest absolute Gasteiger partial charge is 0.312 e. The van der Waals surface area contributed by atoms with E-state index in [1.54, 1.807) is 22.7 Å². The lowest BCUT2D eigenvalue weighted by molar-refractivity contribution is -0.128. The standard InChI is InChI=1S/C17H25N5O4S/c1-3-19-11-13(10-18-19)27(25,26)20-7-5-17(6-8-20)9-14-15(23)21(4-2)16(24)22(14)12-17/h10-11,14H,3-9,12H2,1-2H3. The number of imide groups is 1. The van der Waals surface area contributed by atoms with Gasteiger partial charge in [-0.05, 0) is 38.5 Å². The van der Waals surface area contributed by atoms with Crippen LogP contribution in [0.5, 0.6) is 0 Å². The molecule has 3 aliphatic rings. The molecule has 1 spiro atoms. The molecule has 1 aromatic rings. The maximum absolute atomic E-state index is 12.8. The van der Waals surface area contributed by atoms with E-state index in [0.717, 1.165) is 0 Å². The van der Waals surface area contributed by atoms with Crippen molar-refractivity contribution in [3.05, 3.63) is 12.4 Å². The zero-order chi connectivity index (χ0) is 19.4. The van der Waals surface area contributed by atoms with Gasteiger partial charge in [0, 0.05) is 38.9 Å². The van der Waals surface area contributed by atoms with Crippen LogP contribution in [0.15, 0.2) is 17.3 Å². The van der Waals surface area contributed by atoms with Crippen molar-refractivity contribution in [3.63, 3.8) is 0 Å². The quantitative estimate of drug-likeness (QED) is 0.701. The molecular formula is C17H25N5O4S. The lowest BCUT2D eigenvalue weighted by atomic mass is 9.77. The summed E-state index contributed by atoms with van der Waals surface area (Å²) in [5.41, 5.74) is -0.157. The number of piperidine rings is 1. The van der Waals surface area contributed by atoms with E-state index < -0.39 is 10.0 Å². The molecule has 3 saturated heterocycles. The van der Waals surface area contributed by atoms with Crippen LogP contribution in [0.3, 0.4) is 0 Å². The summed E-state index contributed by atoms with van der Waals surface area (Å²) in [5.74, 6) is -0.110. The Morgan fingerprint density at radius 1 is 1.19 bits per heavy atom. The number of nitrogens with zero attached hydrogens (tertiary/aromatic N) is 5. The van der Waals surface area contributed by atoms with Crippen LogP contribution < -0.4 is 0 Å². The molecule has 27 heavy (non-hydrogen) atoms. The highest BCUT2D eigenvalue weighted by molar-refractivity contribution is 7.89. The third-order valence-corrected chi connectivity index (χ3v) is 8.06. The van der Waals surface area contributed by atoms with Gasteiger partial charge in [0.1, 0.15) is 10.9 Å². The molecule has 10 heteroatoms. The van der Waals surface area contributed by atoms with Crippen molar-refractivity contribution in [1.29, 1.82) is 0 Å². The topological polar surface area (TPSA) is 95.8 Å². The molecule has 1 aromatic heterocycles. The predicted molar refractivity (Wildman–Crippen MR) is 96.2 cm³/mol. The van der Waals surface area contributed by atoms with E-state index in [1.165, 1.54) is 15.4 Å². The maximum atomic E-state index is 12.8. The predicted octanol–water partition coefficient (Wildman–Crippen LogP) is 0.730. The van der Waals surface area contributed by atoms with Crippen LogP contribution in [0.2, 0.25) is 0 Å². The number of sulfonamides is 1. The van der Waals surface area contributed by atoms with Crippen LogP contribution in [0.25, 0.3) is 0 Å². The molecule has 3 amide bonds. The second-order valence-corrected chi connectivity index (χ2v) is 9.59. The van der Waals surface area contributed by atoms with Gasteiger partial charge in [0.2, 0.25) is 10.0 Å². The lowest BCUT2D eigenvalue weighted by Crippen LogP contribution is -2.45. The first-order valence-corrected chi connectivity index (χ1v) is 10.9. The fourth-order valence-electron chi connectivity index (χ4n) is 4.56. The Kier molecular flexibility index (Phi) is 4.30. The van der Waals surface area contributed by atoms with Crippen LogP contribution in [0, 0.1) is 5.41 Å². The third-order valence-electron chi connectivity index (χ3n) is 6.21. The first-order valence-electron chi connectivity index (χ1n) is 9.46. The van der Waals surface area contributed by atoms with Crippen molar-refractivity contribution in [2.45, 2.75) is 50.6 Å². The van der Waals surface area contributed by atoms with Crippen LogP contribution >= 0.6 is 0 Å². The number of amides is 3. The minimum absolute atomic E-state index is 0.110. The van der Waals surface area contributed by atoms with E-state index in [0.29, 0.717) is 52.0 Å². The molecule has 148 valence electrons. The van der Waals surface area contributed by atoms with Gasteiger partial charge in [-0.15, -0.1) is 0 Å². The first kappa shape index (κ1) is 18.4. The van der Waals surface area contributed by atoms with Crippen LogP contribution in [0.1, 0.15) is 33.1 Å². The Morgan fingerprint density at radius 3 is 2.44 bits per heavy atom. The summed E-state index contributed by atoms with van der Waals surface area (Å²) < 4.78 is 28.8. The van der Waals surface area contributed by atoms with Crippen molar-refractivity contribution in [1.82, 2.24) is 23.9 Å². The molecule has 1 atom stereocenters. The Morgan fingerprint density at radius 2 is 1.89 bits per heavy atom. The van der Waals surface area contributed by atoms with Gasteiger partial charge in [-0.2, -0.15) is 9.40 Å². The minimum Gasteiger partial charge on any atom is -0.312 e. The number of rotatable bonds is 4. The van der Waals surface area contributed by atoms with Gasteiger partial charge in [-0.3, -0.25) is 14.4 Å². The van der Waals surface area contributed by atoms with Gasteiger partial charge in [0.05, 0.1) is 6.20 Å². The fraction of sp³-hybridized carbons (Fsp3) is 0.706. The van der Waals surface area contributed by atoms with Gasteiger partial charge >= 0.3 is 6.03 Å². The maximum Gasteiger partial charge on any atom is 0.327 e. The monoisotopic (exact) mass is 395 g/mol. The van der Waals surface area contributed by atoms with Crippen LogP contribution in [0.4, 0.5) is 4.79 Å². The van der Waals surface area contributed by atoms with E-state index in [9.17, 15) is 18.0 Å². The van der Waals surface area contributed by atoms with E-state index in [-0.39, 0.29) is 28.3 Å². The van der Waals surface area contributed by atoms with E-state index in [1.807, 2.05) is 6.92 Å². The minimum atomic E-state index is -3.56. The molecule has 1 unspecified atom stereocenters. The average molecular weight is 395 g/mol. The largest absolute Gasteiger partial charge is 0.327 e. The molecule has 0 bridgehead atoms. The van der Waals surface area contributed by atoms with Gasteiger partial charge in [-0.25, -0.2) is 13.2 Å². The van der Waals surface area contributed by atoms with Gasteiger partial charge in [0.15, 0.2) is 0 Å². The Labute approximate surface area is 158 Å². The molecule has 0 saturated carbocycles. The molecule has 0 aliphatic carbocycles. The van der Waals surface area contributed by atoms with E-state index in [4.69, 9.17) is 0 Å². The molecule has 9 nitrogen and oxygen atoms in total. The van der Waals surface area contributed by atoms with Gasteiger partial charge in [-0.1, -0.05) is 0 Å². The highest BCUT2D eigenvalue weighted by Crippen LogP contribution is 2.46. The molecular weight excluding hydrogens is 370 g/mol. The number of carbonyl (C=O) groups excluding carboxylic acids is 2. The van der Waals surface area contributed by atoms with E-state index in [2.05, 4.69) is 5.10 Å². The normalized spacial score (nSPS) is 25.6. The SMILES string of the molecule is CCN1C(=O)C2CC3(CCN(S(=O)(=O)c4cnn(CC)c4)CC3)CN2C1=O. The van der Waals surface area contributed by atoms with Crippen molar-refractivity contribution in [2.24, 2.45) is 5.41 Å². The van der Waals surface area contributed by atoms with Gasteiger partial charge in [0.25, 0.3) is 5.91 Å². The third kappa shape index (κ3) is 2.77. The lowest BCUT2D eigenvalue weighted by Gasteiger charge is -2.38. The second-order valence-electron chi connectivity index (χ2n) is 7.65. The molecule has 4 rings (SSSR count). The summed E-state index contributed by atoms with van der Waals surface area (Å²) in [5, 5.41) is 4.06. The number of hydrogen-bond acceptors (Lipinski definition) is 5. The Balaban J connectivity index is 1.46. The van der Waals surface area contributed by atoms with Crippen LogP contribution in [-0.2, 0) is 21.4 Å². The van der Waals surface area contributed by atoms with Crippen molar-refractivity contribution < 1.29 is 18.0 Å². The number of aromatic nitrogens is 2. The van der Waals surface area contributed by atoms with Crippen molar-refractivity contribution in [2.75, 3.05) is 26.2 Å². The number of hydrogen-bond donors (Lipinski definition) is 0. The number of urea groups is 1. The first-order chi connectivity index (χ1) is 12.8. The Bertz CT molecular complexity index is 846. The second kappa shape index (κ2) is 6.30. The molecule has 0 aromatic carbocycles. The summed E-state index contributed by atoms with van der Waals surface area (Å²) in [6.45, 7) is 6.07. The summed E-state index contributed by atoms with van der Waals surface area (Å²) in [6, 6.07) is -0.574. The number of likely N-dealkylation sites (N-methyl/N-ethyl adjacent to an activating group) is 1. The number of aryl methyl sites for hydroxylation is 1. The Hall–Kier alpha value is -1.94. The van der Waals surface area contributed by atoms with Crippen molar-refractivity contribution in [3.8, 4) is 0 Å². The number of carbonyl (C=O) groups is 2. The molecule has 0 N–H and O–H groups in total. The fourth-order valence-corrected chi connectivity index (χ4v) is 5.96. The van der Waals surface area contributed by atoms with E-state index >= 15 is 0 Å². The highest BCUT2D eigenvalue weighted by Gasteiger charge is 2.56. The number of fused-ring (bicyclic) bond motifs is 1. The van der Waals surface area contributed by atoms with Gasteiger partial charge < -0.3 is 4.90 Å². The van der Waals surface area contributed by atoms with Crippen molar-refractivity contribution >= 4 is 22.0 Å². The zero-order valence-electron chi connectivity index (χ0n) is 15.7. The summed E-state index contributed by atoms with van der Waals surface area (Å²) in [4.78, 5) is 28.1. The molecule has 0 radical (unpaired) electrons.